The van der Waals surface area contributed by atoms with Crippen LogP contribution in [0.5, 0.6) is 5.75 Å². The van der Waals surface area contributed by atoms with Gasteiger partial charge in [-0.05, 0) is 42.6 Å². The molecular formula is C23H25N5O3S2. The zero-order valence-corrected chi connectivity index (χ0v) is 19.5. The molecule has 6 N–H and O–H groups in total. The fraction of sp³-hybridized carbons (Fsp3) is 0.174. The number of fused-ring (bicyclic) bond motifs is 1. The predicted molar refractivity (Wildman–Crippen MR) is 139 cm³/mol. The van der Waals surface area contributed by atoms with Crippen LogP contribution in [0.1, 0.15) is 18.4 Å². The third-order valence-corrected chi connectivity index (χ3v) is 6.51. The zero-order valence-electron chi connectivity index (χ0n) is 17.9. The number of aromatic hydroxyl groups is 1. The summed E-state index contributed by atoms with van der Waals surface area (Å²) in [6, 6.07) is 10.7. The number of anilines is 3. The van der Waals surface area contributed by atoms with Gasteiger partial charge < -0.3 is 21.5 Å². The molecular weight excluding hydrogens is 458 g/mol. The molecule has 172 valence electrons. The lowest BCUT2D eigenvalue weighted by molar-refractivity contribution is -0.116. The molecule has 2 aromatic carbocycles. The fourth-order valence-electron chi connectivity index (χ4n) is 2.88. The van der Waals surface area contributed by atoms with Crippen molar-refractivity contribution in [1.29, 1.82) is 0 Å². The Balaban J connectivity index is 1.50. The van der Waals surface area contributed by atoms with E-state index in [1.165, 1.54) is 16.7 Å². The largest absolute Gasteiger partial charge is 0.506 e. The Hall–Kier alpha value is -3.52. The smallest absolute Gasteiger partial charge is 0.224 e. The molecule has 10 heteroatoms. The van der Waals surface area contributed by atoms with Crippen LogP contribution in [-0.4, -0.2) is 39.2 Å². The van der Waals surface area contributed by atoms with Gasteiger partial charge in [0.2, 0.25) is 5.91 Å². The van der Waals surface area contributed by atoms with Crippen LogP contribution < -0.4 is 21.1 Å². The first-order valence-corrected chi connectivity index (χ1v) is 12.6. The molecule has 8 nitrogen and oxygen atoms in total. The molecule has 1 unspecified atom stereocenters. The number of thiazole rings is 1. The van der Waals surface area contributed by atoms with Crippen molar-refractivity contribution in [2.24, 2.45) is 0 Å². The summed E-state index contributed by atoms with van der Waals surface area (Å²) in [5, 5.41) is 17.8. The number of aromatic nitrogens is 1. The second-order valence-electron chi connectivity index (χ2n) is 7.07. The third kappa shape index (κ3) is 7.25. The minimum atomic E-state index is -2.48. The number of amides is 1. The number of nitrogens with two attached hydrogens (primary N) is 1. The molecule has 33 heavy (non-hydrogen) atoms. The van der Waals surface area contributed by atoms with E-state index >= 15 is 0 Å². The maximum atomic E-state index is 12.1. The summed E-state index contributed by atoms with van der Waals surface area (Å²) >= 11 is 1.30. The van der Waals surface area contributed by atoms with Gasteiger partial charge in [0.05, 0.1) is 11.2 Å². The van der Waals surface area contributed by atoms with Crippen LogP contribution in [0.2, 0.25) is 0 Å². The normalized spacial score (nSPS) is 12.4. The molecule has 1 atom stereocenters. The van der Waals surface area contributed by atoms with Crippen molar-refractivity contribution < 1.29 is 14.1 Å². The van der Waals surface area contributed by atoms with E-state index in [1.54, 1.807) is 12.1 Å². The second-order valence-corrected chi connectivity index (χ2v) is 10.2. The molecule has 1 amide bonds. The number of nitrogens with one attached hydrogen (secondary N) is 3. The van der Waals surface area contributed by atoms with Crippen LogP contribution in [0.15, 0.2) is 48.4 Å². The topological polar surface area (TPSA) is 129 Å². The summed E-state index contributed by atoms with van der Waals surface area (Å²) < 4.78 is 15.3. The number of carbonyl (C=O) groups excluding carboxylic acids is 1. The van der Waals surface area contributed by atoms with Gasteiger partial charge in [-0.1, -0.05) is 35.8 Å². The lowest BCUT2D eigenvalue weighted by Crippen LogP contribution is -2.23. The minimum absolute atomic E-state index is 0.0533. The van der Waals surface area contributed by atoms with Gasteiger partial charge in [0.25, 0.3) is 0 Å². The van der Waals surface area contributed by atoms with E-state index in [1.807, 2.05) is 24.3 Å². The van der Waals surface area contributed by atoms with Gasteiger partial charge in [0.1, 0.15) is 11.3 Å². The molecule has 0 aliphatic rings. The molecule has 0 saturated heterocycles. The van der Waals surface area contributed by atoms with Crippen LogP contribution >= 0.6 is 11.3 Å². The number of hydrogen-bond donors (Lipinski definition) is 5. The maximum absolute atomic E-state index is 12.1. The Morgan fingerprint density at radius 3 is 2.88 bits per heavy atom. The fourth-order valence-corrected chi connectivity index (χ4v) is 4.28. The molecule has 0 bridgehead atoms. The molecule has 0 fully saturated rings. The number of nitrogen functional groups attached to an aromatic ring is 1. The average Bonchev–Trinajstić information content (AvgIpc) is 3.15. The molecule has 0 aliphatic carbocycles. The number of phenolic OH excluding ortho intramolecular Hbond substituents is 1. The van der Waals surface area contributed by atoms with E-state index in [4.69, 9.17) is 5.73 Å². The number of carbonyl (C=O) groups is 1. The van der Waals surface area contributed by atoms with Crippen LogP contribution in [0.25, 0.3) is 10.2 Å². The summed E-state index contributed by atoms with van der Waals surface area (Å²) in [6.07, 6.45) is 0.806. The first kappa shape index (κ1) is 24.1. The second kappa shape index (κ2) is 10.9. The van der Waals surface area contributed by atoms with E-state index in [0.29, 0.717) is 41.4 Å². The van der Waals surface area contributed by atoms with E-state index in [0.717, 1.165) is 10.4 Å². The number of nitrogens with zero attached hydrogens (tertiary/aromatic N) is 1. The van der Waals surface area contributed by atoms with Crippen molar-refractivity contribution in [3.63, 3.8) is 0 Å². The molecule has 3 rings (SSSR count). The molecule has 0 saturated carbocycles. The number of benzene rings is 2. The van der Waals surface area contributed by atoms with Crippen molar-refractivity contribution in [3.8, 4) is 17.6 Å². The van der Waals surface area contributed by atoms with Gasteiger partial charge in [-0.3, -0.25) is 4.79 Å². The van der Waals surface area contributed by atoms with Crippen molar-refractivity contribution >= 4 is 59.5 Å². The lowest BCUT2D eigenvalue weighted by Gasteiger charge is -2.09. The quantitative estimate of drug-likeness (QED) is 0.181. The highest BCUT2D eigenvalue weighted by atomic mass is 32.2. The number of rotatable bonds is 9. The van der Waals surface area contributed by atoms with Crippen molar-refractivity contribution in [2.45, 2.75) is 12.8 Å². The lowest BCUT2D eigenvalue weighted by atomic mass is 10.2. The standard InChI is InChI=1S/C23H25N5O3S2/c1-3-33(2,31)26-12-6-10-21(30)27-18-9-4-8-17(15-18)25-11-5-7-16-13-19(29)22-20(14-16)32-23(24)28-22/h3-4,8-9,13-15,25,29H,1-2,6,10-12H2,(H2,24,28)(H,26,31)(H,27,30). The summed E-state index contributed by atoms with van der Waals surface area (Å²) in [5.41, 5.74) is 8.31. The van der Waals surface area contributed by atoms with E-state index < -0.39 is 9.71 Å². The minimum Gasteiger partial charge on any atom is -0.506 e. The highest BCUT2D eigenvalue weighted by molar-refractivity contribution is 8.01. The van der Waals surface area contributed by atoms with Gasteiger partial charge >= 0.3 is 0 Å². The summed E-state index contributed by atoms with van der Waals surface area (Å²) in [4.78, 5) is 16.2. The maximum Gasteiger partial charge on any atom is 0.224 e. The van der Waals surface area contributed by atoms with Crippen molar-refractivity contribution in [1.82, 2.24) is 9.71 Å². The highest BCUT2D eigenvalue weighted by Gasteiger charge is 2.07. The van der Waals surface area contributed by atoms with Gasteiger partial charge in [-0.2, -0.15) is 0 Å². The van der Waals surface area contributed by atoms with E-state index in [2.05, 4.69) is 44.6 Å². The van der Waals surface area contributed by atoms with Gasteiger partial charge in [-0.15, -0.1) is 0 Å². The molecule has 3 aromatic rings. The summed E-state index contributed by atoms with van der Waals surface area (Å²) in [5.74, 6) is 9.44. The molecule has 1 aromatic heterocycles. The monoisotopic (exact) mass is 483 g/mol. The summed E-state index contributed by atoms with van der Waals surface area (Å²) in [6.45, 7) is 4.24. The van der Waals surface area contributed by atoms with Crippen LogP contribution in [-0.2, 0) is 14.5 Å². The van der Waals surface area contributed by atoms with Crippen molar-refractivity contribution in [3.05, 3.63) is 53.9 Å². The first-order chi connectivity index (χ1) is 15.8. The predicted octanol–water partition coefficient (Wildman–Crippen LogP) is 3.13. The van der Waals surface area contributed by atoms with Crippen LogP contribution in [0.3, 0.4) is 0 Å². The summed E-state index contributed by atoms with van der Waals surface area (Å²) in [7, 11) is -2.48. The Labute approximate surface area is 197 Å². The Morgan fingerprint density at radius 2 is 2.09 bits per heavy atom. The Bertz CT molecular complexity index is 1340. The Morgan fingerprint density at radius 1 is 1.30 bits per heavy atom. The average molecular weight is 484 g/mol. The van der Waals surface area contributed by atoms with Gasteiger partial charge in [-0.25, -0.2) is 13.9 Å². The van der Waals surface area contributed by atoms with Crippen molar-refractivity contribution in [2.75, 3.05) is 29.5 Å². The van der Waals surface area contributed by atoms with E-state index in [-0.39, 0.29) is 18.1 Å². The molecule has 1 heterocycles. The van der Waals surface area contributed by atoms with Gasteiger partial charge in [0, 0.05) is 45.0 Å². The number of phenols is 1. The molecule has 0 spiro atoms. The van der Waals surface area contributed by atoms with Gasteiger partial charge in [0.15, 0.2) is 5.13 Å². The molecule has 0 radical (unpaired) electrons. The third-order valence-electron chi connectivity index (χ3n) is 4.45. The first-order valence-electron chi connectivity index (χ1n) is 10.0. The van der Waals surface area contributed by atoms with Crippen LogP contribution in [0, 0.1) is 11.8 Å². The molecule has 0 aliphatic heterocycles. The highest BCUT2D eigenvalue weighted by Crippen LogP contribution is 2.31. The number of hydrogen-bond acceptors (Lipinski definition) is 7. The van der Waals surface area contributed by atoms with E-state index in [9.17, 15) is 14.1 Å². The SMILES string of the molecule is C=CS(=C)(=O)NCCCC(=O)Nc1cccc(NCC#Cc2cc(O)c3nc(N)sc3c2)c1. The Kier molecular flexibility index (Phi) is 7.95. The van der Waals surface area contributed by atoms with Crippen LogP contribution in [0.4, 0.5) is 16.5 Å². The zero-order chi connectivity index (χ0) is 23.8.